The van der Waals surface area contributed by atoms with Crippen molar-refractivity contribution in [2.45, 2.75) is 45.8 Å². The van der Waals surface area contributed by atoms with Crippen molar-refractivity contribution < 1.29 is 8.78 Å². The van der Waals surface area contributed by atoms with E-state index in [4.69, 9.17) is 12.2 Å². The van der Waals surface area contributed by atoms with Crippen molar-refractivity contribution in [1.82, 2.24) is 19.8 Å². The molecular weight excluding hydrogens is 320 g/mol. The largest absolute Gasteiger partial charge is 0.349 e. The molecule has 1 aliphatic heterocycles. The number of benzene rings is 1. The van der Waals surface area contributed by atoms with Gasteiger partial charge in [0.1, 0.15) is 18.3 Å². The lowest BCUT2D eigenvalue weighted by molar-refractivity contribution is 0.342. The summed E-state index contributed by atoms with van der Waals surface area (Å²) >= 11 is 5.41. The quantitative estimate of drug-likeness (QED) is 0.788. The molecular formula is C15H19F2N5S. The molecule has 0 N–H and O–H groups in total. The Morgan fingerprint density at radius 2 is 1.96 bits per heavy atom. The van der Waals surface area contributed by atoms with Crippen LogP contribution in [0.25, 0.3) is 0 Å². The Labute approximate surface area is 138 Å². The van der Waals surface area contributed by atoms with Gasteiger partial charge >= 0.3 is 0 Å². The van der Waals surface area contributed by atoms with Crippen LogP contribution >= 0.6 is 12.2 Å². The van der Waals surface area contributed by atoms with Crippen LogP contribution < -0.4 is 4.90 Å². The topological polar surface area (TPSA) is 38.9 Å². The van der Waals surface area contributed by atoms with Gasteiger partial charge in [-0.15, -0.1) is 0 Å². The normalized spacial score (nSPS) is 14.9. The van der Waals surface area contributed by atoms with E-state index in [0.717, 1.165) is 12.5 Å². The molecule has 1 aromatic carbocycles. The standard InChI is InChI=1S/C15H19F2N5S/c1-15(2,3)22-14(23)21(18-19-22)9-20-6-4-5-10-7-11(16)8-12(17)13(10)20/h7-8H,4-6,9H2,1-3H3. The number of nitrogens with zero attached hydrogens (tertiary/aromatic N) is 5. The summed E-state index contributed by atoms with van der Waals surface area (Å²) < 4.78 is 31.3. The number of rotatable bonds is 2. The molecule has 0 saturated heterocycles. The number of aryl methyl sites for hydroxylation is 1. The van der Waals surface area contributed by atoms with Crippen LogP contribution in [0.1, 0.15) is 32.8 Å². The van der Waals surface area contributed by atoms with Crippen LogP contribution in [-0.4, -0.2) is 26.3 Å². The average Bonchev–Trinajstić information content (AvgIpc) is 2.79. The number of hydrogen-bond acceptors (Lipinski definition) is 4. The molecule has 0 atom stereocenters. The maximum absolute atomic E-state index is 14.2. The third-order valence-corrected chi connectivity index (χ3v) is 4.26. The van der Waals surface area contributed by atoms with E-state index < -0.39 is 11.6 Å². The SMILES string of the molecule is CC(C)(C)n1nnn(CN2CCCc3cc(F)cc(F)c32)c1=S. The zero-order valence-electron chi connectivity index (χ0n) is 13.4. The summed E-state index contributed by atoms with van der Waals surface area (Å²) in [6.45, 7) is 6.92. The van der Waals surface area contributed by atoms with E-state index in [1.54, 1.807) is 9.36 Å². The highest BCUT2D eigenvalue weighted by molar-refractivity contribution is 7.71. The summed E-state index contributed by atoms with van der Waals surface area (Å²) in [7, 11) is 0. The first-order valence-electron chi connectivity index (χ1n) is 7.53. The number of tetrazole rings is 1. The predicted molar refractivity (Wildman–Crippen MR) is 85.9 cm³/mol. The summed E-state index contributed by atoms with van der Waals surface area (Å²) in [4.78, 5) is 1.84. The maximum Gasteiger partial charge on any atom is 0.218 e. The zero-order valence-corrected chi connectivity index (χ0v) is 14.2. The number of aromatic nitrogens is 4. The van der Waals surface area contributed by atoms with Gasteiger partial charge in [0.05, 0.1) is 11.2 Å². The maximum atomic E-state index is 14.2. The van der Waals surface area contributed by atoms with Gasteiger partial charge in [-0.3, -0.25) is 0 Å². The highest BCUT2D eigenvalue weighted by atomic mass is 32.1. The minimum Gasteiger partial charge on any atom is -0.349 e. The van der Waals surface area contributed by atoms with Gasteiger partial charge in [0.25, 0.3) is 0 Å². The molecule has 1 aromatic heterocycles. The lowest BCUT2D eigenvalue weighted by Gasteiger charge is -2.31. The van der Waals surface area contributed by atoms with Crippen molar-refractivity contribution in [2.24, 2.45) is 0 Å². The van der Waals surface area contributed by atoms with Crippen LogP contribution in [0.15, 0.2) is 12.1 Å². The zero-order chi connectivity index (χ0) is 16.8. The van der Waals surface area contributed by atoms with Gasteiger partial charge in [-0.25, -0.2) is 13.5 Å². The van der Waals surface area contributed by atoms with Gasteiger partial charge in [0.2, 0.25) is 4.77 Å². The van der Waals surface area contributed by atoms with Crippen molar-refractivity contribution >= 4 is 17.9 Å². The molecule has 0 unspecified atom stereocenters. The highest BCUT2D eigenvalue weighted by Gasteiger charge is 2.24. The molecule has 2 heterocycles. The Bertz CT molecular complexity index is 790. The minimum atomic E-state index is -0.547. The van der Waals surface area contributed by atoms with Crippen molar-refractivity contribution in [2.75, 3.05) is 11.4 Å². The molecule has 3 rings (SSSR count). The van der Waals surface area contributed by atoms with E-state index in [-0.39, 0.29) is 5.54 Å². The van der Waals surface area contributed by atoms with E-state index in [0.29, 0.717) is 35.7 Å². The van der Waals surface area contributed by atoms with E-state index in [1.165, 1.54) is 6.07 Å². The molecule has 124 valence electrons. The van der Waals surface area contributed by atoms with Crippen molar-refractivity contribution in [3.63, 3.8) is 0 Å². The Kier molecular flexibility index (Phi) is 3.95. The molecule has 0 radical (unpaired) electrons. The van der Waals surface area contributed by atoms with Crippen LogP contribution in [0, 0.1) is 16.4 Å². The van der Waals surface area contributed by atoms with Gasteiger partial charge in [0, 0.05) is 12.6 Å². The molecule has 2 aromatic rings. The second-order valence-electron chi connectivity index (χ2n) is 6.75. The molecule has 0 amide bonds. The molecule has 0 bridgehead atoms. The second-order valence-corrected chi connectivity index (χ2v) is 7.11. The summed E-state index contributed by atoms with van der Waals surface area (Å²) in [5.74, 6) is -1.09. The highest BCUT2D eigenvalue weighted by Crippen LogP contribution is 2.31. The van der Waals surface area contributed by atoms with Crippen LogP contribution in [0.4, 0.5) is 14.5 Å². The first-order chi connectivity index (χ1) is 10.8. The lowest BCUT2D eigenvalue weighted by Crippen LogP contribution is -2.33. The number of hydrogen-bond donors (Lipinski definition) is 0. The van der Waals surface area contributed by atoms with Crippen LogP contribution in [0.3, 0.4) is 0 Å². The first-order valence-corrected chi connectivity index (χ1v) is 7.94. The molecule has 8 heteroatoms. The third kappa shape index (κ3) is 2.99. The Hall–Kier alpha value is -1.83. The smallest absolute Gasteiger partial charge is 0.218 e. The second kappa shape index (κ2) is 5.67. The van der Waals surface area contributed by atoms with E-state index in [1.807, 2.05) is 25.7 Å². The van der Waals surface area contributed by atoms with E-state index in [9.17, 15) is 8.78 Å². The van der Waals surface area contributed by atoms with Gasteiger partial charge in [0.15, 0.2) is 0 Å². The fraction of sp³-hybridized carbons (Fsp3) is 0.533. The third-order valence-electron chi connectivity index (χ3n) is 3.88. The number of anilines is 1. The van der Waals surface area contributed by atoms with Gasteiger partial charge in [-0.2, -0.15) is 4.68 Å². The fourth-order valence-electron chi connectivity index (χ4n) is 2.82. The Balaban J connectivity index is 1.95. The van der Waals surface area contributed by atoms with Gasteiger partial charge in [-0.05, 0) is 67.9 Å². The summed E-state index contributed by atoms with van der Waals surface area (Å²) in [6, 6.07) is 2.32. The number of halogens is 2. The molecule has 0 saturated carbocycles. The minimum absolute atomic E-state index is 0.274. The molecule has 0 spiro atoms. The Morgan fingerprint density at radius 1 is 1.22 bits per heavy atom. The van der Waals surface area contributed by atoms with Crippen molar-refractivity contribution in [1.29, 1.82) is 0 Å². The molecule has 0 fully saturated rings. The van der Waals surface area contributed by atoms with Gasteiger partial charge in [-0.1, -0.05) is 0 Å². The summed E-state index contributed by atoms with van der Waals surface area (Å²) in [6.07, 6.45) is 1.50. The van der Waals surface area contributed by atoms with Crippen molar-refractivity contribution in [3.8, 4) is 0 Å². The molecule has 0 aliphatic carbocycles. The van der Waals surface area contributed by atoms with Crippen LogP contribution in [0.2, 0.25) is 0 Å². The Morgan fingerprint density at radius 3 is 2.61 bits per heavy atom. The van der Waals surface area contributed by atoms with E-state index >= 15 is 0 Å². The summed E-state index contributed by atoms with van der Waals surface area (Å²) in [5.41, 5.74) is 0.845. The molecule has 5 nitrogen and oxygen atoms in total. The number of fused-ring (bicyclic) bond motifs is 1. The predicted octanol–water partition coefficient (Wildman–Crippen LogP) is 3.25. The van der Waals surface area contributed by atoms with E-state index in [2.05, 4.69) is 10.4 Å². The first kappa shape index (κ1) is 16.0. The molecule has 23 heavy (non-hydrogen) atoms. The molecule has 1 aliphatic rings. The van der Waals surface area contributed by atoms with Crippen LogP contribution in [-0.2, 0) is 18.6 Å². The van der Waals surface area contributed by atoms with Crippen molar-refractivity contribution in [3.05, 3.63) is 34.1 Å². The summed E-state index contributed by atoms with van der Waals surface area (Å²) in [5, 5.41) is 8.17. The van der Waals surface area contributed by atoms with Gasteiger partial charge < -0.3 is 4.90 Å². The average molecular weight is 339 g/mol. The monoisotopic (exact) mass is 339 g/mol. The lowest BCUT2D eigenvalue weighted by atomic mass is 10.0. The van der Waals surface area contributed by atoms with Crippen LogP contribution in [0.5, 0.6) is 0 Å². The fourth-order valence-corrected chi connectivity index (χ4v) is 3.23.